The van der Waals surface area contributed by atoms with Gasteiger partial charge in [0.05, 0.1) is 12.7 Å². The second kappa shape index (κ2) is 14.5. The van der Waals surface area contributed by atoms with Gasteiger partial charge in [-0.3, -0.25) is 0 Å². The van der Waals surface area contributed by atoms with Gasteiger partial charge in [-0.1, -0.05) is 68.0 Å². The SMILES string of the molecule is C=CCCCOc1ccc(/C=C/c2ccc(-c3ccc(C4CCC(C(O)CCC)CC4)c(F)c3F)cc2)c(F)c1F. The van der Waals surface area contributed by atoms with Gasteiger partial charge in [-0.15, -0.1) is 6.58 Å². The van der Waals surface area contributed by atoms with Crippen LogP contribution >= 0.6 is 0 Å². The highest BCUT2D eigenvalue weighted by molar-refractivity contribution is 5.73. The fraction of sp³-hybridized carbons (Fsp3) is 0.371. The number of rotatable bonds is 12. The maximum Gasteiger partial charge on any atom is 0.201 e. The van der Waals surface area contributed by atoms with Crippen LogP contribution in [0, 0.1) is 29.2 Å². The second-order valence-electron chi connectivity index (χ2n) is 10.8. The smallest absolute Gasteiger partial charge is 0.201 e. The monoisotopic (exact) mass is 566 g/mol. The van der Waals surface area contributed by atoms with Gasteiger partial charge in [0.1, 0.15) is 0 Å². The van der Waals surface area contributed by atoms with Gasteiger partial charge in [0, 0.05) is 11.1 Å². The molecule has 3 aromatic carbocycles. The van der Waals surface area contributed by atoms with Gasteiger partial charge in [0.15, 0.2) is 23.2 Å². The molecule has 1 saturated carbocycles. The van der Waals surface area contributed by atoms with Crippen molar-refractivity contribution in [3.8, 4) is 16.9 Å². The number of aliphatic hydroxyl groups excluding tert-OH is 1. The summed E-state index contributed by atoms with van der Waals surface area (Å²) >= 11 is 0. The molecule has 0 aliphatic heterocycles. The van der Waals surface area contributed by atoms with E-state index in [0.717, 1.165) is 44.9 Å². The van der Waals surface area contributed by atoms with Crippen molar-refractivity contribution in [2.45, 2.75) is 70.3 Å². The molecule has 2 nitrogen and oxygen atoms in total. The van der Waals surface area contributed by atoms with E-state index in [-0.39, 0.29) is 41.4 Å². The molecule has 218 valence electrons. The first-order valence-corrected chi connectivity index (χ1v) is 14.5. The summed E-state index contributed by atoms with van der Waals surface area (Å²) in [6.07, 6.45) is 10.7. The number of unbranched alkanes of at least 4 members (excludes halogenated alkanes) is 1. The molecule has 1 fully saturated rings. The molecule has 0 spiro atoms. The zero-order valence-corrected chi connectivity index (χ0v) is 23.5. The van der Waals surface area contributed by atoms with Crippen LogP contribution < -0.4 is 4.74 Å². The topological polar surface area (TPSA) is 29.5 Å². The highest BCUT2D eigenvalue weighted by Crippen LogP contribution is 2.40. The van der Waals surface area contributed by atoms with Gasteiger partial charge in [-0.05, 0) is 85.6 Å². The lowest BCUT2D eigenvalue weighted by molar-refractivity contribution is 0.0727. The summed E-state index contributed by atoms with van der Waals surface area (Å²) in [4.78, 5) is 0. The lowest BCUT2D eigenvalue weighted by atomic mass is 9.75. The predicted molar refractivity (Wildman–Crippen MR) is 158 cm³/mol. The standard InChI is InChI=1S/C35H38F4O2/c1-3-5-6-22-41-31-21-18-27(32(36)35(31)39)13-10-23-8-11-24(12-9-23)28-19-20-29(34(38)33(28)37)25-14-16-26(17-15-25)30(40)7-4-2/h3,8-13,18-21,25-26,30,40H,1,4-7,14-17,22H2,2H3/b13-10+. The van der Waals surface area contributed by atoms with Crippen molar-refractivity contribution in [2.75, 3.05) is 6.61 Å². The first-order chi connectivity index (χ1) is 19.8. The molecule has 41 heavy (non-hydrogen) atoms. The number of halogens is 4. The highest BCUT2D eigenvalue weighted by Gasteiger charge is 2.29. The van der Waals surface area contributed by atoms with E-state index in [0.29, 0.717) is 23.1 Å². The Labute approximate surface area is 240 Å². The van der Waals surface area contributed by atoms with E-state index in [9.17, 15) is 13.9 Å². The molecule has 1 aliphatic rings. The lowest BCUT2D eigenvalue weighted by Crippen LogP contribution is -2.25. The Bertz CT molecular complexity index is 1340. The fourth-order valence-corrected chi connectivity index (χ4v) is 5.61. The molecule has 1 unspecified atom stereocenters. The van der Waals surface area contributed by atoms with Gasteiger partial charge in [-0.25, -0.2) is 13.2 Å². The maximum atomic E-state index is 15.2. The van der Waals surface area contributed by atoms with Gasteiger partial charge in [0.25, 0.3) is 0 Å². The molecule has 0 aromatic heterocycles. The Morgan fingerprint density at radius 2 is 1.61 bits per heavy atom. The predicted octanol–water partition coefficient (Wildman–Crippen LogP) is 9.86. The number of hydrogen-bond acceptors (Lipinski definition) is 2. The molecule has 0 bridgehead atoms. The molecule has 0 heterocycles. The van der Waals surface area contributed by atoms with E-state index in [1.54, 1.807) is 48.6 Å². The lowest BCUT2D eigenvalue weighted by Gasteiger charge is -2.32. The normalized spacial score (nSPS) is 18.0. The van der Waals surface area contributed by atoms with Crippen LogP contribution in [-0.2, 0) is 0 Å². The first-order valence-electron chi connectivity index (χ1n) is 14.5. The number of hydrogen-bond donors (Lipinski definition) is 1. The van der Waals surface area contributed by atoms with Crippen LogP contribution in [0.15, 0.2) is 61.2 Å². The molecular formula is C35H38F4O2. The highest BCUT2D eigenvalue weighted by atomic mass is 19.2. The van der Waals surface area contributed by atoms with E-state index in [1.807, 2.05) is 6.92 Å². The Morgan fingerprint density at radius 3 is 2.29 bits per heavy atom. The maximum absolute atomic E-state index is 15.2. The van der Waals surface area contributed by atoms with Crippen LogP contribution in [0.4, 0.5) is 17.6 Å². The average Bonchev–Trinajstić information content (AvgIpc) is 2.99. The van der Waals surface area contributed by atoms with Crippen molar-refractivity contribution < 1.29 is 27.4 Å². The van der Waals surface area contributed by atoms with Crippen molar-refractivity contribution in [3.63, 3.8) is 0 Å². The molecule has 1 N–H and O–H groups in total. The summed E-state index contributed by atoms with van der Waals surface area (Å²) in [6.45, 7) is 5.93. The zero-order valence-electron chi connectivity index (χ0n) is 23.5. The summed E-state index contributed by atoms with van der Waals surface area (Å²) < 4.78 is 64.6. The molecule has 0 amide bonds. The third kappa shape index (κ3) is 7.48. The average molecular weight is 567 g/mol. The van der Waals surface area contributed by atoms with Crippen molar-refractivity contribution in [1.82, 2.24) is 0 Å². The Morgan fingerprint density at radius 1 is 0.878 bits per heavy atom. The van der Waals surface area contributed by atoms with E-state index in [2.05, 4.69) is 6.58 Å². The zero-order chi connectivity index (χ0) is 29.4. The second-order valence-corrected chi connectivity index (χ2v) is 10.8. The van der Waals surface area contributed by atoms with Gasteiger partial charge in [0.2, 0.25) is 5.82 Å². The summed E-state index contributed by atoms with van der Waals surface area (Å²) in [5.74, 6) is -3.68. The molecule has 6 heteroatoms. The largest absolute Gasteiger partial charge is 0.490 e. The summed E-state index contributed by atoms with van der Waals surface area (Å²) in [7, 11) is 0. The number of allylic oxidation sites excluding steroid dienone is 1. The quantitative estimate of drug-likeness (QED) is 0.102. The Kier molecular flexibility index (Phi) is 10.8. The van der Waals surface area contributed by atoms with Gasteiger partial charge >= 0.3 is 0 Å². The molecule has 0 radical (unpaired) electrons. The third-order valence-electron chi connectivity index (χ3n) is 8.02. The molecule has 4 rings (SSSR count). The van der Waals surface area contributed by atoms with Gasteiger partial charge < -0.3 is 9.84 Å². The van der Waals surface area contributed by atoms with Crippen LogP contribution in [0.5, 0.6) is 5.75 Å². The van der Waals surface area contributed by atoms with Crippen LogP contribution in [0.3, 0.4) is 0 Å². The summed E-state index contributed by atoms with van der Waals surface area (Å²) in [6, 6.07) is 12.9. The Hall–Kier alpha value is -3.38. The van der Waals surface area contributed by atoms with E-state index < -0.39 is 23.3 Å². The number of aliphatic hydroxyl groups is 1. The van der Waals surface area contributed by atoms with E-state index in [4.69, 9.17) is 4.74 Å². The molecule has 1 aliphatic carbocycles. The third-order valence-corrected chi connectivity index (χ3v) is 8.02. The van der Waals surface area contributed by atoms with Crippen molar-refractivity contribution >= 4 is 12.2 Å². The molecular weight excluding hydrogens is 528 g/mol. The minimum atomic E-state index is -1.04. The van der Waals surface area contributed by atoms with E-state index >= 15 is 8.78 Å². The van der Waals surface area contributed by atoms with Crippen LogP contribution in [0.25, 0.3) is 23.3 Å². The molecule has 0 saturated heterocycles. The van der Waals surface area contributed by atoms with Gasteiger partial charge in [-0.2, -0.15) is 4.39 Å². The molecule has 1 atom stereocenters. The van der Waals surface area contributed by atoms with Crippen LogP contribution in [0.1, 0.15) is 80.9 Å². The minimum absolute atomic E-state index is 0.0562. The first kappa shape index (κ1) is 30.6. The minimum Gasteiger partial charge on any atom is -0.490 e. The van der Waals surface area contributed by atoms with E-state index in [1.165, 1.54) is 18.2 Å². The number of ether oxygens (including phenoxy) is 1. The van der Waals surface area contributed by atoms with Crippen LogP contribution in [0.2, 0.25) is 0 Å². The van der Waals surface area contributed by atoms with Crippen molar-refractivity contribution in [1.29, 1.82) is 0 Å². The Balaban J connectivity index is 1.42. The fourth-order valence-electron chi connectivity index (χ4n) is 5.61. The van der Waals surface area contributed by atoms with Crippen LogP contribution in [-0.4, -0.2) is 17.8 Å². The number of benzene rings is 3. The molecule has 3 aromatic rings. The van der Waals surface area contributed by atoms with Crippen molar-refractivity contribution in [3.05, 3.63) is 101 Å². The summed E-state index contributed by atoms with van der Waals surface area (Å²) in [5, 5.41) is 10.3. The van der Waals surface area contributed by atoms with Crippen molar-refractivity contribution in [2.24, 2.45) is 5.92 Å². The summed E-state index contributed by atoms with van der Waals surface area (Å²) in [5.41, 5.74) is 1.86.